The van der Waals surface area contributed by atoms with E-state index in [0.717, 1.165) is 37.1 Å². The summed E-state index contributed by atoms with van der Waals surface area (Å²) in [7, 11) is 1.66. The summed E-state index contributed by atoms with van der Waals surface area (Å²) in [4.78, 5) is 14.6. The highest BCUT2D eigenvalue weighted by Crippen LogP contribution is 2.34. The smallest absolute Gasteiger partial charge is 0.240 e. The molecule has 2 N–H and O–H groups in total. The van der Waals surface area contributed by atoms with Gasteiger partial charge in [-0.1, -0.05) is 32.4 Å². The zero-order valence-corrected chi connectivity index (χ0v) is 13.2. The van der Waals surface area contributed by atoms with Crippen LogP contribution in [0.25, 0.3) is 0 Å². The van der Waals surface area contributed by atoms with Crippen molar-refractivity contribution in [1.82, 2.24) is 4.90 Å². The Bertz CT molecular complexity index is 489. The zero-order chi connectivity index (χ0) is 15.4. The average Bonchev–Trinajstić information content (AvgIpc) is 3.02. The Kier molecular flexibility index (Phi) is 5.23. The minimum atomic E-state index is -0.402. The minimum absolute atomic E-state index is 0.0784. The highest BCUT2D eigenvalue weighted by molar-refractivity contribution is 5.82. The van der Waals surface area contributed by atoms with Crippen LogP contribution in [0.5, 0.6) is 5.75 Å². The molecule has 116 valence electrons. The number of nitrogens with two attached hydrogens (primary N) is 1. The molecule has 1 aliphatic heterocycles. The van der Waals surface area contributed by atoms with Gasteiger partial charge in [-0.25, -0.2) is 0 Å². The van der Waals surface area contributed by atoms with Crippen LogP contribution in [-0.4, -0.2) is 30.5 Å². The molecule has 0 bridgehead atoms. The molecule has 1 fully saturated rings. The lowest BCUT2D eigenvalue weighted by Gasteiger charge is -2.30. The van der Waals surface area contributed by atoms with Crippen LogP contribution in [0.1, 0.15) is 44.7 Å². The predicted molar refractivity (Wildman–Crippen MR) is 84.1 cm³/mol. The largest absolute Gasteiger partial charge is 0.497 e. The Morgan fingerprint density at radius 2 is 2.29 bits per heavy atom. The molecule has 4 nitrogen and oxygen atoms in total. The maximum Gasteiger partial charge on any atom is 0.240 e. The van der Waals surface area contributed by atoms with Crippen molar-refractivity contribution < 1.29 is 9.53 Å². The van der Waals surface area contributed by atoms with Crippen LogP contribution in [-0.2, 0) is 4.79 Å². The topological polar surface area (TPSA) is 55.6 Å². The molecule has 4 heteroatoms. The molecule has 0 saturated carbocycles. The molecule has 3 unspecified atom stereocenters. The number of hydrogen-bond donors (Lipinski definition) is 1. The van der Waals surface area contributed by atoms with Gasteiger partial charge in [0.2, 0.25) is 5.91 Å². The van der Waals surface area contributed by atoms with E-state index in [0.29, 0.717) is 0 Å². The molecular weight excluding hydrogens is 264 g/mol. The van der Waals surface area contributed by atoms with Gasteiger partial charge in [0.1, 0.15) is 5.75 Å². The van der Waals surface area contributed by atoms with E-state index in [1.807, 2.05) is 30.0 Å². The van der Waals surface area contributed by atoms with Crippen LogP contribution in [0, 0.1) is 5.92 Å². The molecule has 1 saturated heterocycles. The molecule has 2 rings (SSSR count). The van der Waals surface area contributed by atoms with Crippen molar-refractivity contribution in [2.24, 2.45) is 11.7 Å². The van der Waals surface area contributed by atoms with Gasteiger partial charge in [0.05, 0.1) is 19.2 Å². The van der Waals surface area contributed by atoms with E-state index in [2.05, 4.69) is 13.0 Å². The van der Waals surface area contributed by atoms with E-state index >= 15 is 0 Å². The van der Waals surface area contributed by atoms with E-state index in [1.54, 1.807) is 7.11 Å². The Labute approximate surface area is 127 Å². The second-order valence-electron chi connectivity index (χ2n) is 5.88. The van der Waals surface area contributed by atoms with Crippen molar-refractivity contribution in [1.29, 1.82) is 0 Å². The van der Waals surface area contributed by atoms with E-state index in [4.69, 9.17) is 10.5 Å². The fourth-order valence-electron chi connectivity index (χ4n) is 2.91. The van der Waals surface area contributed by atoms with Gasteiger partial charge in [-0.05, 0) is 36.5 Å². The molecule has 0 spiro atoms. The first-order chi connectivity index (χ1) is 10.1. The quantitative estimate of drug-likeness (QED) is 0.907. The first-order valence-electron chi connectivity index (χ1n) is 7.78. The number of likely N-dealkylation sites (tertiary alicyclic amines) is 1. The number of methoxy groups -OCH3 is 1. The van der Waals surface area contributed by atoms with Gasteiger partial charge in [0.15, 0.2) is 0 Å². The number of hydrogen-bond acceptors (Lipinski definition) is 3. The summed E-state index contributed by atoms with van der Waals surface area (Å²) in [5, 5.41) is 0. The zero-order valence-electron chi connectivity index (χ0n) is 13.2. The number of carbonyl (C=O) groups excluding carboxylic acids is 1. The van der Waals surface area contributed by atoms with Gasteiger partial charge in [-0.2, -0.15) is 0 Å². The molecule has 0 aliphatic carbocycles. The van der Waals surface area contributed by atoms with Gasteiger partial charge < -0.3 is 15.4 Å². The fraction of sp³-hybridized carbons (Fsp3) is 0.588. The highest BCUT2D eigenvalue weighted by Gasteiger charge is 2.34. The third-order valence-corrected chi connectivity index (χ3v) is 4.56. The molecule has 1 amide bonds. The number of ether oxygens (including phenoxy) is 1. The molecule has 1 aromatic carbocycles. The Morgan fingerprint density at radius 3 is 2.95 bits per heavy atom. The molecule has 1 aliphatic rings. The lowest BCUT2D eigenvalue weighted by Crippen LogP contribution is -2.46. The summed E-state index contributed by atoms with van der Waals surface area (Å²) in [6.45, 7) is 4.91. The summed E-state index contributed by atoms with van der Waals surface area (Å²) >= 11 is 0. The standard InChI is InChI=1S/C17H26N2O2/c1-4-12(2)16(18)17(20)19-10-6-9-15(19)13-7-5-8-14(11-13)21-3/h5,7-8,11-12,15-16H,4,6,9-10,18H2,1-3H3. The first-order valence-corrected chi connectivity index (χ1v) is 7.78. The summed E-state index contributed by atoms with van der Waals surface area (Å²) in [6, 6.07) is 7.71. The fourth-order valence-corrected chi connectivity index (χ4v) is 2.91. The summed E-state index contributed by atoms with van der Waals surface area (Å²) in [6.07, 6.45) is 2.94. The molecular formula is C17H26N2O2. The number of rotatable bonds is 5. The number of nitrogens with zero attached hydrogens (tertiary/aromatic N) is 1. The number of carbonyl (C=O) groups is 1. The third kappa shape index (κ3) is 3.38. The van der Waals surface area contributed by atoms with Crippen LogP contribution in [0.4, 0.5) is 0 Å². The van der Waals surface area contributed by atoms with Gasteiger partial charge in [-0.3, -0.25) is 4.79 Å². The molecule has 1 heterocycles. The predicted octanol–water partition coefficient (Wildman–Crippen LogP) is 2.73. The maximum atomic E-state index is 12.7. The number of benzene rings is 1. The highest BCUT2D eigenvalue weighted by atomic mass is 16.5. The van der Waals surface area contributed by atoms with Crippen molar-refractivity contribution in [3.05, 3.63) is 29.8 Å². The molecule has 21 heavy (non-hydrogen) atoms. The van der Waals surface area contributed by atoms with Crippen molar-refractivity contribution in [3.8, 4) is 5.75 Å². The van der Waals surface area contributed by atoms with Gasteiger partial charge in [-0.15, -0.1) is 0 Å². The Hall–Kier alpha value is -1.55. The van der Waals surface area contributed by atoms with E-state index in [1.165, 1.54) is 0 Å². The van der Waals surface area contributed by atoms with Crippen molar-refractivity contribution in [2.75, 3.05) is 13.7 Å². The number of amides is 1. The SMILES string of the molecule is CCC(C)C(N)C(=O)N1CCCC1c1cccc(OC)c1. The van der Waals surface area contributed by atoms with Gasteiger partial charge in [0.25, 0.3) is 0 Å². The van der Waals surface area contributed by atoms with Crippen molar-refractivity contribution in [3.63, 3.8) is 0 Å². The van der Waals surface area contributed by atoms with Gasteiger partial charge in [0, 0.05) is 6.54 Å². The van der Waals surface area contributed by atoms with Crippen LogP contribution in [0.15, 0.2) is 24.3 Å². The van der Waals surface area contributed by atoms with Crippen molar-refractivity contribution in [2.45, 2.75) is 45.2 Å². The molecule has 0 aromatic heterocycles. The van der Waals surface area contributed by atoms with Crippen LogP contribution >= 0.6 is 0 Å². The minimum Gasteiger partial charge on any atom is -0.497 e. The first kappa shape index (κ1) is 15.8. The molecule has 3 atom stereocenters. The monoisotopic (exact) mass is 290 g/mol. The molecule has 0 radical (unpaired) electrons. The van der Waals surface area contributed by atoms with Crippen LogP contribution in [0.2, 0.25) is 0 Å². The van der Waals surface area contributed by atoms with Crippen molar-refractivity contribution >= 4 is 5.91 Å². The summed E-state index contributed by atoms with van der Waals surface area (Å²) < 4.78 is 5.29. The Morgan fingerprint density at radius 1 is 1.52 bits per heavy atom. The second-order valence-corrected chi connectivity index (χ2v) is 5.88. The summed E-state index contributed by atoms with van der Waals surface area (Å²) in [5.74, 6) is 1.12. The van der Waals surface area contributed by atoms with E-state index < -0.39 is 6.04 Å². The lowest BCUT2D eigenvalue weighted by atomic mass is 9.97. The van der Waals surface area contributed by atoms with E-state index in [9.17, 15) is 4.79 Å². The van der Waals surface area contributed by atoms with Gasteiger partial charge >= 0.3 is 0 Å². The second kappa shape index (κ2) is 6.94. The average molecular weight is 290 g/mol. The third-order valence-electron chi connectivity index (χ3n) is 4.56. The molecule has 1 aromatic rings. The lowest BCUT2D eigenvalue weighted by molar-refractivity contribution is -0.134. The Balaban J connectivity index is 2.18. The maximum absolute atomic E-state index is 12.7. The van der Waals surface area contributed by atoms with Crippen LogP contribution < -0.4 is 10.5 Å². The normalized spacial score (nSPS) is 21.1. The van der Waals surface area contributed by atoms with Crippen LogP contribution in [0.3, 0.4) is 0 Å². The van der Waals surface area contributed by atoms with E-state index in [-0.39, 0.29) is 17.9 Å². The summed E-state index contributed by atoms with van der Waals surface area (Å²) in [5.41, 5.74) is 7.27.